The van der Waals surface area contributed by atoms with Gasteiger partial charge in [-0.15, -0.1) is 11.8 Å². The van der Waals surface area contributed by atoms with E-state index >= 15 is 0 Å². The van der Waals surface area contributed by atoms with Crippen molar-refractivity contribution in [3.8, 4) is 6.07 Å². The van der Waals surface area contributed by atoms with Gasteiger partial charge in [0.05, 0.1) is 11.1 Å². The number of rotatable bonds is 7. The standard InChI is InChI=1S/C14H15N5O3S3/c15-4-1-2-9(23)18-10-12(20)19-11(14(21)22)7(6-25-13(10)19)24-5-3-8(16)17/h3,5,10,13H,1-2,6H2,(H3,16,17)(H,18,23)(H,21,22)/b5-3+/t10?,13-/m1/s1. The number of nitriles is 1. The van der Waals surface area contributed by atoms with Crippen LogP contribution in [0, 0.1) is 16.7 Å². The maximum absolute atomic E-state index is 12.4. The molecule has 2 aliphatic rings. The SMILES string of the molecule is N#CCCC(=S)NC1C(=O)N2C(C(=O)O)=C(S/C=C/C(=N)N)CS[C@H]12. The molecule has 8 nitrogen and oxygen atoms in total. The number of carboxylic acids is 1. The van der Waals surface area contributed by atoms with E-state index in [2.05, 4.69) is 5.32 Å². The Morgan fingerprint density at radius 1 is 1.68 bits per heavy atom. The first-order valence-corrected chi connectivity index (χ1v) is 9.45. The Balaban J connectivity index is 2.12. The van der Waals surface area contributed by atoms with Crippen molar-refractivity contribution >= 4 is 58.4 Å². The Labute approximate surface area is 158 Å². The number of carboxylic acid groups (broad SMARTS) is 1. The fraction of sp³-hybridized carbons (Fsp3) is 0.357. The summed E-state index contributed by atoms with van der Waals surface area (Å²) in [5.41, 5.74) is 5.18. The van der Waals surface area contributed by atoms with Crippen LogP contribution in [-0.4, -0.2) is 49.9 Å². The number of hydrogen-bond acceptors (Lipinski definition) is 7. The number of carbonyl (C=O) groups excluding carboxylic acids is 1. The van der Waals surface area contributed by atoms with Crippen molar-refractivity contribution in [2.45, 2.75) is 24.3 Å². The van der Waals surface area contributed by atoms with Gasteiger partial charge in [-0.3, -0.25) is 15.1 Å². The van der Waals surface area contributed by atoms with Gasteiger partial charge in [-0.25, -0.2) is 4.79 Å². The molecule has 2 rings (SSSR count). The zero-order valence-corrected chi connectivity index (χ0v) is 15.3. The third kappa shape index (κ3) is 4.33. The molecule has 0 saturated carbocycles. The molecule has 132 valence electrons. The molecule has 0 radical (unpaired) electrons. The minimum Gasteiger partial charge on any atom is -0.477 e. The zero-order valence-electron chi connectivity index (χ0n) is 12.9. The Kier molecular flexibility index (Phi) is 6.46. The van der Waals surface area contributed by atoms with Crippen molar-refractivity contribution in [2.24, 2.45) is 5.73 Å². The topological polar surface area (TPSA) is 143 Å². The molecule has 0 aromatic heterocycles. The van der Waals surface area contributed by atoms with Crippen LogP contribution in [0.5, 0.6) is 0 Å². The van der Waals surface area contributed by atoms with E-state index in [-0.39, 0.29) is 29.2 Å². The van der Waals surface area contributed by atoms with Crippen molar-refractivity contribution in [3.05, 3.63) is 22.1 Å². The van der Waals surface area contributed by atoms with Crippen molar-refractivity contribution in [1.82, 2.24) is 10.2 Å². The van der Waals surface area contributed by atoms with E-state index in [0.29, 0.717) is 22.1 Å². The van der Waals surface area contributed by atoms with Crippen LogP contribution in [0.15, 0.2) is 22.1 Å². The third-order valence-corrected chi connectivity index (χ3v) is 6.05. The highest BCUT2D eigenvalue weighted by Gasteiger charge is 2.53. The normalized spacial score (nSPS) is 22.2. The van der Waals surface area contributed by atoms with Crippen LogP contribution in [0.3, 0.4) is 0 Å². The largest absolute Gasteiger partial charge is 0.477 e. The zero-order chi connectivity index (χ0) is 18.6. The molecular weight excluding hydrogens is 382 g/mol. The summed E-state index contributed by atoms with van der Waals surface area (Å²) in [6, 6.07) is 1.41. The second-order valence-corrected chi connectivity index (χ2v) is 7.66. The smallest absolute Gasteiger partial charge is 0.353 e. The third-order valence-electron chi connectivity index (χ3n) is 3.37. The molecule has 0 aromatic rings. The Bertz CT molecular complexity index is 728. The van der Waals surface area contributed by atoms with Crippen molar-refractivity contribution in [1.29, 1.82) is 10.7 Å². The number of nitrogens with two attached hydrogens (primary N) is 1. The fourth-order valence-corrected chi connectivity index (χ4v) is 4.86. The number of aliphatic carboxylic acids is 1. The number of hydrogen-bond donors (Lipinski definition) is 4. The molecule has 2 atom stereocenters. The second-order valence-electron chi connectivity index (χ2n) is 5.07. The monoisotopic (exact) mass is 397 g/mol. The van der Waals surface area contributed by atoms with E-state index in [9.17, 15) is 14.7 Å². The van der Waals surface area contributed by atoms with Crippen LogP contribution in [0.1, 0.15) is 12.8 Å². The molecule has 0 aliphatic carbocycles. The van der Waals surface area contributed by atoms with Crippen LogP contribution >= 0.6 is 35.7 Å². The first-order chi connectivity index (χ1) is 11.9. The lowest BCUT2D eigenvalue weighted by Gasteiger charge is -2.49. The number of nitrogens with one attached hydrogen (secondary N) is 2. The van der Waals surface area contributed by atoms with Gasteiger partial charge in [0.1, 0.15) is 22.9 Å². The number of β-lactam (4-membered cyclic amide) rings is 1. The Hall–Kier alpha value is -2.03. The molecule has 0 spiro atoms. The minimum atomic E-state index is -1.18. The average molecular weight is 398 g/mol. The maximum atomic E-state index is 12.4. The van der Waals surface area contributed by atoms with Crippen LogP contribution in [0.4, 0.5) is 0 Å². The number of thioether (sulfide) groups is 2. The summed E-state index contributed by atoms with van der Waals surface area (Å²) < 4.78 is 0. The highest BCUT2D eigenvalue weighted by molar-refractivity contribution is 8.08. The van der Waals surface area contributed by atoms with Gasteiger partial charge < -0.3 is 16.2 Å². The Morgan fingerprint density at radius 2 is 2.40 bits per heavy atom. The lowest BCUT2D eigenvalue weighted by molar-refractivity contribution is -0.148. The lowest BCUT2D eigenvalue weighted by atomic mass is 10.0. The molecular formula is C14H15N5O3S3. The van der Waals surface area contributed by atoms with Crippen LogP contribution < -0.4 is 11.1 Å². The summed E-state index contributed by atoms with van der Waals surface area (Å²) in [6.45, 7) is 0. The minimum absolute atomic E-state index is 0.0482. The molecule has 1 amide bonds. The Morgan fingerprint density at radius 3 is 3.00 bits per heavy atom. The van der Waals surface area contributed by atoms with E-state index in [1.165, 1.54) is 28.1 Å². The number of fused-ring (bicyclic) bond motifs is 1. The first-order valence-electron chi connectivity index (χ1n) is 7.11. The van der Waals surface area contributed by atoms with Gasteiger partial charge in [-0.1, -0.05) is 24.0 Å². The van der Waals surface area contributed by atoms with E-state index in [0.717, 1.165) is 11.8 Å². The van der Waals surface area contributed by atoms with Crippen molar-refractivity contribution in [3.63, 3.8) is 0 Å². The number of carbonyl (C=O) groups is 2. The van der Waals surface area contributed by atoms with Crippen molar-refractivity contribution < 1.29 is 14.7 Å². The predicted octanol–water partition coefficient (Wildman–Crippen LogP) is 0.970. The average Bonchev–Trinajstić information content (AvgIpc) is 2.56. The van der Waals surface area contributed by atoms with Gasteiger partial charge in [-0.2, -0.15) is 5.26 Å². The molecule has 2 heterocycles. The molecule has 1 unspecified atom stereocenters. The lowest BCUT2D eigenvalue weighted by Crippen LogP contribution is -2.70. The van der Waals surface area contributed by atoms with Gasteiger partial charge in [0.15, 0.2) is 0 Å². The van der Waals surface area contributed by atoms with Crippen LogP contribution in [0.25, 0.3) is 0 Å². The number of amidine groups is 1. The van der Waals surface area contributed by atoms with Gasteiger partial charge in [0.2, 0.25) is 0 Å². The first kappa shape index (κ1) is 19.3. The van der Waals surface area contributed by atoms with E-state index in [1.807, 2.05) is 6.07 Å². The number of nitrogens with zero attached hydrogens (tertiary/aromatic N) is 2. The summed E-state index contributed by atoms with van der Waals surface area (Å²) in [6.07, 6.45) is 1.98. The van der Waals surface area contributed by atoms with Gasteiger partial charge in [-0.05, 0) is 11.5 Å². The van der Waals surface area contributed by atoms with Crippen LogP contribution in [-0.2, 0) is 9.59 Å². The van der Waals surface area contributed by atoms with Gasteiger partial charge >= 0.3 is 5.97 Å². The molecule has 11 heteroatoms. The summed E-state index contributed by atoms with van der Waals surface area (Å²) >= 11 is 7.68. The molecule has 0 bridgehead atoms. The number of thiocarbonyl (C=S) groups is 1. The van der Waals surface area contributed by atoms with Gasteiger partial charge in [0, 0.05) is 23.5 Å². The molecule has 1 fully saturated rings. The molecule has 5 N–H and O–H groups in total. The summed E-state index contributed by atoms with van der Waals surface area (Å²) in [5.74, 6) is -1.25. The summed E-state index contributed by atoms with van der Waals surface area (Å²) in [7, 11) is 0. The number of amides is 1. The maximum Gasteiger partial charge on any atom is 0.353 e. The highest BCUT2D eigenvalue weighted by Crippen LogP contribution is 2.43. The van der Waals surface area contributed by atoms with Gasteiger partial charge in [0.25, 0.3) is 5.91 Å². The van der Waals surface area contributed by atoms with E-state index < -0.39 is 12.0 Å². The fourth-order valence-electron chi connectivity index (χ4n) is 2.29. The summed E-state index contributed by atoms with van der Waals surface area (Å²) in [5, 5.41) is 29.3. The summed E-state index contributed by atoms with van der Waals surface area (Å²) in [4.78, 5) is 26.2. The van der Waals surface area contributed by atoms with Crippen LogP contribution in [0.2, 0.25) is 0 Å². The molecule has 2 aliphatic heterocycles. The molecule has 1 saturated heterocycles. The second kappa shape index (κ2) is 8.37. The van der Waals surface area contributed by atoms with Crippen molar-refractivity contribution in [2.75, 3.05) is 5.75 Å². The highest BCUT2D eigenvalue weighted by atomic mass is 32.2. The molecule has 25 heavy (non-hydrogen) atoms. The van der Waals surface area contributed by atoms with E-state index in [4.69, 9.17) is 28.6 Å². The van der Waals surface area contributed by atoms with E-state index in [1.54, 1.807) is 0 Å². The quantitative estimate of drug-likeness (QED) is 0.214. The molecule has 0 aromatic carbocycles. The predicted molar refractivity (Wildman–Crippen MR) is 101 cm³/mol.